The summed E-state index contributed by atoms with van der Waals surface area (Å²) in [4.78, 5) is 32.6. The van der Waals surface area contributed by atoms with Crippen LogP contribution in [0.25, 0.3) is 21.7 Å². The van der Waals surface area contributed by atoms with Crippen molar-refractivity contribution in [2.24, 2.45) is 0 Å². The average Bonchev–Trinajstić information content (AvgIpc) is 2.75. The van der Waals surface area contributed by atoms with Gasteiger partial charge in [-0.05, 0) is 35.4 Å². The van der Waals surface area contributed by atoms with Gasteiger partial charge in [0.2, 0.25) is 5.91 Å². The number of amides is 1. The van der Waals surface area contributed by atoms with E-state index in [1.807, 2.05) is 36.4 Å². The van der Waals surface area contributed by atoms with E-state index in [4.69, 9.17) is 4.74 Å². The van der Waals surface area contributed by atoms with E-state index in [0.29, 0.717) is 30.5 Å². The quantitative estimate of drug-likeness (QED) is 0.492. The van der Waals surface area contributed by atoms with Crippen LogP contribution in [0.3, 0.4) is 0 Å². The van der Waals surface area contributed by atoms with E-state index in [9.17, 15) is 9.59 Å². The second kappa shape index (κ2) is 8.52. The highest BCUT2D eigenvalue weighted by Gasteiger charge is 2.08. The van der Waals surface area contributed by atoms with Gasteiger partial charge in [0.15, 0.2) is 0 Å². The van der Waals surface area contributed by atoms with Gasteiger partial charge in [-0.1, -0.05) is 30.3 Å². The lowest BCUT2D eigenvalue weighted by Gasteiger charge is -2.09. The van der Waals surface area contributed by atoms with Crippen molar-refractivity contribution in [3.05, 3.63) is 77.6 Å². The van der Waals surface area contributed by atoms with Crippen LogP contribution in [0, 0.1) is 0 Å². The Morgan fingerprint density at radius 2 is 1.97 bits per heavy atom. The highest BCUT2D eigenvalue weighted by Crippen LogP contribution is 2.20. The maximum Gasteiger partial charge on any atom is 0.261 e. The van der Waals surface area contributed by atoms with Crippen LogP contribution in [-0.2, 0) is 11.3 Å². The number of ether oxygens (including phenoxy) is 1. The van der Waals surface area contributed by atoms with Crippen molar-refractivity contribution in [3.63, 3.8) is 0 Å². The summed E-state index contributed by atoms with van der Waals surface area (Å²) < 4.78 is 7.05. The average molecular weight is 388 g/mol. The Morgan fingerprint density at radius 3 is 2.86 bits per heavy atom. The van der Waals surface area contributed by atoms with Crippen LogP contribution < -0.4 is 15.6 Å². The Kier molecular flexibility index (Phi) is 5.47. The second-order valence-corrected chi connectivity index (χ2v) is 6.63. The number of carbonyl (C=O) groups excluding carboxylic acids is 1. The topological polar surface area (TPSA) is 86.1 Å². The molecule has 0 bridgehead atoms. The predicted octanol–water partition coefficient (Wildman–Crippen LogP) is 2.53. The van der Waals surface area contributed by atoms with Crippen molar-refractivity contribution in [3.8, 4) is 5.75 Å². The molecule has 0 atom stereocenters. The summed E-state index contributed by atoms with van der Waals surface area (Å²) in [5, 5.41) is 5.54. The maximum absolute atomic E-state index is 12.4. The highest BCUT2D eigenvalue weighted by molar-refractivity contribution is 5.83. The number of carbonyl (C=O) groups is 1. The summed E-state index contributed by atoms with van der Waals surface area (Å²) >= 11 is 0. The number of pyridine rings is 1. The fourth-order valence-corrected chi connectivity index (χ4v) is 3.08. The minimum absolute atomic E-state index is 0.0738. The molecule has 0 spiro atoms. The lowest BCUT2D eigenvalue weighted by Crippen LogP contribution is -2.33. The molecule has 7 heteroatoms. The third-order valence-electron chi connectivity index (χ3n) is 4.57. The van der Waals surface area contributed by atoms with E-state index in [2.05, 4.69) is 21.4 Å². The molecule has 4 rings (SSSR count). The number of benzene rings is 2. The van der Waals surface area contributed by atoms with E-state index in [1.165, 1.54) is 28.7 Å². The maximum atomic E-state index is 12.4. The van der Waals surface area contributed by atoms with E-state index in [1.54, 1.807) is 6.07 Å². The molecule has 4 aromatic rings. The van der Waals surface area contributed by atoms with E-state index < -0.39 is 0 Å². The number of nitrogens with zero attached hydrogens (tertiary/aromatic N) is 3. The first-order chi connectivity index (χ1) is 14.2. The van der Waals surface area contributed by atoms with Crippen LogP contribution in [0.5, 0.6) is 5.75 Å². The van der Waals surface area contributed by atoms with Crippen LogP contribution in [0.15, 0.2) is 72.0 Å². The third-order valence-corrected chi connectivity index (χ3v) is 4.57. The van der Waals surface area contributed by atoms with Crippen LogP contribution in [-0.4, -0.2) is 33.6 Å². The highest BCUT2D eigenvalue weighted by atomic mass is 16.5. The number of hydrogen-bond acceptors (Lipinski definition) is 5. The van der Waals surface area contributed by atoms with E-state index in [-0.39, 0.29) is 18.0 Å². The van der Waals surface area contributed by atoms with Gasteiger partial charge < -0.3 is 10.1 Å². The molecule has 7 nitrogen and oxygen atoms in total. The van der Waals surface area contributed by atoms with Crippen molar-refractivity contribution >= 4 is 27.6 Å². The van der Waals surface area contributed by atoms with Gasteiger partial charge >= 0.3 is 0 Å². The Labute approximate surface area is 167 Å². The molecular weight excluding hydrogens is 368 g/mol. The molecule has 0 aliphatic carbocycles. The van der Waals surface area contributed by atoms with Crippen LogP contribution >= 0.6 is 0 Å². The largest absolute Gasteiger partial charge is 0.494 e. The molecule has 0 aliphatic rings. The molecular formula is C22H20N4O3. The lowest BCUT2D eigenvalue weighted by molar-refractivity contribution is -0.121. The van der Waals surface area contributed by atoms with Crippen molar-refractivity contribution < 1.29 is 9.53 Å². The van der Waals surface area contributed by atoms with E-state index >= 15 is 0 Å². The fraction of sp³-hybridized carbons (Fsp3) is 0.182. The summed E-state index contributed by atoms with van der Waals surface area (Å²) in [6.07, 6.45) is 5.09. The Balaban J connectivity index is 1.25. The van der Waals surface area contributed by atoms with Crippen LogP contribution in [0.4, 0.5) is 0 Å². The molecule has 2 heterocycles. The molecule has 0 unspecified atom stereocenters. The van der Waals surface area contributed by atoms with Gasteiger partial charge in [-0.3, -0.25) is 19.1 Å². The first-order valence-corrected chi connectivity index (χ1v) is 9.38. The van der Waals surface area contributed by atoms with Crippen LogP contribution in [0.1, 0.15) is 6.42 Å². The zero-order valence-corrected chi connectivity index (χ0v) is 15.7. The zero-order chi connectivity index (χ0) is 20.1. The smallest absolute Gasteiger partial charge is 0.261 e. The summed E-state index contributed by atoms with van der Waals surface area (Å²) in [6.45, 7) is 0.880. The monoisotopic (exact) mass is 388 g/mol. The molecule has 0 fully saturated rings. The van der Waals surface area contributed by atoms with Gasteiger partial charge in [0.05, 0.1) is 30.0 Å². The normalized spacial score (nSPS) is 10.9. The fourth-order valence-electron chi connectivity index (χ4n) is 3.08. The molecule has 0 radical (unpaired) electrons. The molecule has 29 heavy (non-hydrogen) atoms. The Bertz CT molecular complexity index is 1220. The van der Waals surface area contributed by atoms with Crippen molar-refractivity contribution in [2.45, 2.75) is 13.0 Å². The van der Waals surface area contributed by atoms with E-state index in [0.717, 1.165) is 11.1 Å². The molecule has 146 valence electrons. The summed E-state index contributed by atoms with van der Waals surface area (Å²) in [5.41, 5.74) is 0.257. The van der Waals surface area contributed by atoms with Gasteiger partial charge in [-0.2, -0.15) is 0 Å². The Morgan fingerprint density at radius 1 is 1.10 bits per heavy atom. The van der Waals surface area contributed by atoms with Gasteiger partial charge in [-0.25, -0.2) is 4.98 Å². The minimum atomic E-state index is -0.257. The molecule has 0 saturated heterocycles. The minimum Gasteiger partial charge on any atom is -0.494 e. The summed E-state index contributed by atoms with van der Waals surface area (Å²) in [7, 11) is 0. The number of nitrogens with one attached hydrogen (secondary N) is 1. The molecule has 1 N–H and O–H groups in total. The zero-order valence-electron chi connectivity index (χ0n) is 15.7. The number of hydrogen-bond donors (Lipinski definition) is 1. The first kappa shape index (κ1) is 18.6. The van der Waals surface area contributed by atoms with Gasteiger partial charge in [-0.15, -0.1) is 0 Å². The van der Waals surface area contributed by atoms with Gasteiger partial charge in [0.1, 0.15) is 12.3 Å². The molecule has 1 amide bonds. The number of fused-ring (bicyclic) bond motifs is 2. The first-order valence-electron chi connectivity index (χ1n) is 9.38. The third kappa shape index (κ3) is 4.40. The molecule has 0 saturated carbocycles. The molecule has 0 aliphatic heterocycles. The molecule has 2 aromatic carbocycles. The second-order valence-electron chi connectivity index (χ2n) is 6.63. The lowest BCUT2D eigenvalue weighted by atomic mass is 10.1. The number of aromatic nitrogens is 3. The predicted molar refractivity (Wildman–Crippen MR) is 111 cm³/mol. The SMILES string of the molecule is O=C(Cn1cnc2cnccc2c1=O)NCCCOc1ccc2ccccc2c1. The molecule has 2 aromatic heterocycles. The van der Waals surface area contributed by atoms with Gasteiger partial charge in [0.25, 0.3) is 5.56 Å². The summed E-state index contributed by atoms with van der Waals surface area (Å²) in [6, 6.07) is 15.7. The van der Waals surface area contributed by atoms with Crippen LogP contribution in [0.2, 0.25) is 0 Å². The van der Waals surface area contributed by atoms with Gasteiger partial charge in [0, 0.05) is 12.7 Å². The standard InChI is InChI=1S/C22H20N4O3/c27-21(14-26-15-25-20-13-23-10-8-19(20)22(26)28)24-9-3-11-29-18-7-6-16-4-1-2-5-17(16)12-18/h1-2,4-8,10,12-13,15H,3,9,11,14H2,(H,24,27). The Hall–Kier alpha value is -3.74. The van der Waals surface area contributed by atoms with Crippen molar-refractivity contribution in [1.82, 2.24) is 19.9 Å². The van der Waals surface area contributed by atoms with Crippen molar-refractivity contribution in [1.29, 1.82) is 0 Å². The van der Waals surface area contributed by atoms with Crippen molar-refractivity contribution in [2.75, 3.05) is 13.2 Å². The number of rotatable bonds is 7. The summed E-state index contributed by atoms with van der Waals surface area (Å²) in [5.74, 6) is 0.561.